The highest BCUT2D eigenvalue weighted by Gasteiger charge is 2.40. The fraction of sp³-hybridized carbons (Fsp3) is 0.625. The highest BCUT2D eigenvalue weighted by atomic mass is 35.5. The number of halogens is 1. The Bertz CT molecular complexity index is 506. The molecule has 0 amide bonds. The molecule has 0 saturated heterocycles. The fourth-order valence-electron chi connectivity index (χ4n) is 3.35. The standard InChI is InChI=1S/C16H22ClNO2/c1-2-11-12(16(10-18)5-3-6-16)9-13(17)15-14(11)19-7-4-8-20-15/h9H,2-8,10,18H2,1H3. The zero-order valence-corrected chi connectivity index (χ0v) is 12.8. The Morgan fingerprint density at radius 1 is 1.20 bits per heavy atom. The van der Waals surface area contributed by atoms with E-state index < -0.39 is 0 Å². The second kappa shape index (κ2) is 5.45. The normalized spacial score (nSPS) is 20.1. The van der Waals surface area contributed by atoms with Gasteiger partial charge in [0.15, 0.2) is 11.5 Å². The van der Waals surface area contributed by atoms with Gasteiger partial charge in [-0.3, -0.25) is 0 Å². The van der Waals surface area contributed by atoms with Gasteiger partial charge in [0.1, 0.15) is 0 Å². The van der Waals surface area contributed by atoms with Crippen LogP contribution in [0.15, 0.2) is 6.07 Å². The summed E-state index contributed by atoms with van der Waals surface area (Å²) < 4.78 is 11.7. The molecule has 0 spiro atoms. The van der Waals surface area contributed by atoms with Crippen LogP contribution in [0, 0.1) is 0 Å². The third-order valence-electron chi connectivity index (χ3n) is 4.70. The summed E-state index contributed by atoms with van der Waals surface area (Å²) in [5, 5.41) is 0.661. The van der Waals surface area contributed by atoms with Crippen LogP contribution in [0.25, 0.3) is 0 Å². The van der Waals surface area contributed by atoms with Crippen LogP contribution in [0.3, 0.4) is 0 Å². The smallest absolute Gasteiger partial charge is 0.180 e. The lowest BCUT2D eigenvalue weighted by Crippen LogP contribution is -2.42. The highest BCUT2D eigenvalue weighted by molar-refractivity contribution is 6.32. The van der Waals surface area contributed by atoms with Crippen LogP contribution >= 0.6 is 11.6 Å². The molecule has 1 aliphatic carbocycles. The Morgan fingerprint density at radius 2 is 1.90 bits per heavy atom. The first-order chi connectivity index (χ1) is 9.72. The summed E-state index contributed by atoms with van der Waals surface area (Å²) in [6.07, 6.45) is 5.34. The number of hydrogen-bond donors (Lipinski definition) is 1. The number of hydrogen-bond acceptors (Lipinski definition) is 3. The molecule has 2 N–H and O–H groups in total. The summed E-state index contributed by atoms with van der Waals surface area (Å²) in [6, 6.07) is 2.07. The number of fused-ring (bicyclic) bond motifs is 1. The van der Waals surface area contributed by atoms with E-state index in [1.807, 2.05) is 0 Å². The molecular formula is C16H22ClNO2. The van der Waals surface area contributed by atoms with Gasteiger partial charge in [-0.05, 0) is 30.9 Å². The van der Waals surface area contributed by atoms with E-state index in [0.717, 1.165) is 37.2 Å². The van der Waals surface area contributed by atoms with Gasteiger partial charge in [0.2, 0.25) is 0 Å². The molecule has 0 radical (unpaired) electrons. The average molecular weight is 296 g/mol. The van der Waals surface area contributed by atoms with Gasteiger partial charge in [0.05, 0.1) is 18.2 Å². The Kier molecular flexibility index (Phi) is 3.83. The number of benzene rings is 1. The van der Waals surface area contributed by atoms with Crippen molar-refractivity contribution in [3.05, 3.63) is 22.2 Å². The number of ether oxygens (including phenoxy) is 2. The predicted molar refractivity (Wildman–Crippen MR) is 81.0 cm³/mol. The molecule has 1 saturated carbocycles. The van der Waals surface area contributed by atoms with Crippen LogP contribution in [-0.4, -0.2) is 19.8 Å². The van der Waals surface area contributed by atoms with Crippen LogP contribution in [0.5, 0.6) is 11.5 Å². The van der Waals surface area contributed by atoms with Gasteiger partial charge in [-0.2, -0.15) is 0 Å². The van der Waals surface area contributed by atoms with E-state index in [0.29, 0.717) is 24.8 Å². The van der Waals surface area contributed by atoms with Gasteiger partial charge in [0.25, 0.3) is 0 Å². The minimum absolute atomic E-state index is 0.0969. The molecular weight excluding hydrogens is 274 g/mol. The van der Waals surface area contributed by atoms with Gasteiger partial charge >= 0.3 is 0 Å². The molecule has 1 heterocycles. The lowest BCUT2D eigenvalue weighted by atomic mass is 9.63. The monoisotopic (exact) mass is 295 g/mol. The molecule has 3 nitrogen and oxygen atoms in total. The first-order valence-corrected chi connectivity index (χ1v) is 7.91. The van der Waals surface area contributed by atoms with Crippen LogP contribution in [0.4, 0.5) is 0 Å². The van der Waals surface area contributed by atoms with E-state index in [1.165, 1.54) is 17.5 Å². The lowest BCUT2D eigenvalue weighted by Gasteiger charge is -2.43. The first kappa shape index (κ1) is 14.0. The summed E-state index contributed by atoms with van der Waals surface area (Å²) in [6.45, 7) is 4.19. The van der Waals surface area contributed by atoms with Crippen molar-refractivity contribution in [2.24, 2.45) is 5.73 Å². The Hall–Kier alpha value is -0.930. The fourth-order valence-corrected chi connectivity index (χ4v) is 3.60. The molecule has 110 valence electrons. The zero-order valence-electron chi connectivity index (χ0n) is 12.0. The summed E-state index contributed by atoms with van der Waals surface area (Å²) in [7, 11) is 0. The molecule has 0 unspecified atom stereocenters. The Morgan fingerprint density at radius 3 is 2.45 bits per heavy atom. The van der Waals surface area contributed by atoms with Crippen LogP contribution in [0.1, 0.15) is 43.7 Å². The number of nitrogens with two attached hydrogens (primary N) is 1. The third kappa shape index (κ3) is 2.08. The van der Waals surface area contributed by atoms with Gasteiger partial charge in [-0.15, -0.1) is 0 Å². The highest BCUT2D eigenvalue weighted by Crippen LogP contribution is 2.50. The van der Waals surface area contributed by atoms with Gasteiger partial charge < -0.3 is 15.2 Å². The van der Waals surface area contributed by atoms with Crippen LogP contribution in [0.2, 0.25) is 5.02 Å². The van der Waals surface area contributed by atoms with E-state index in [9.17, 15) is 0 Å². The maximum absolute atomic E-state index is 6.45. The molecule has 1 aromatic rings. The quantitative estimate of drug-likeness (QED) is 0.929. The Balaban J connectivity index is 2.16. The molecule has 0 aromatic heterocycles. The van der Waals surface area contributed by atoms with Crippen molar-refractivity contribution < 1.29 is 9.47 Å². The largest absolute Gasteiger partial charge is 0.489 e. The predicted octanol–water partition coefficient (Wildman–Crippen LogP) is 3.44. The molecule has 1 aromatic carbocycles. The molecule has 1 aliphatic heterocycles. The average Bonchev–Trinajstić information content (AvgIpc) is 2.65. The van der Waals surface area contributed by atoms with E-state index >= 15 is 0 Å². The van der Waals surface area contributed by atoms with Crippen molar-refractivity contribution in [3.8, 4) is 11.5 Å². The first-order valence-electron chi connectivity index (χ1n) is 7.53. The minimum atomic E-state index is 0.0969. The van der Waals surface area contributed by atoms with Crippen molar-refractivity contribution >= 4 is 11.6 Å². The van der Waals surface area contributed by atoms with E-state index in [4.69, 9.17) is 26.8 Å². The maximum atomic E-state index is 6.45. The Labute approximate surface area is 125 Å². The van der Waals surface area contributed by atoms with Gasteiger partial charge in [-0.1, -0.05) is 24.9 Å². The van der Waals surface area contributed by atoms with E-state index in [2.05, 4.69) is 13.0 Å². The van der Waals surface area contributed by atoms with Crippen molar-refractivity contribution in [3.63, 3.8) is 0 Å². The third-order valence-corrected chi connectivity index (χ3v) is 4.98. The summed E-state index contributed by atoms with van der Waals surface area (Å²) in [4.78, 5) is 0. The van der Waals surface area contributed by atoms with Crippen molar-refractivity contribution in [2.75, 3.05) is 19.8 Å². The van der Waals surface area contributed by atoms with Gasteiger partial charge in [-0.25, -0.2) is 0 Å². The molecule has 1 fully saturated rings. The zero-order chi connectivity index (χ0) is 14.2. The van der Waals surface area contributed by atoms with Crippen molar-refractivity contribution in [1.29, 1.82) is 0 Å². The molecule has 0 bridgehead atoms. The van der Waals surface area contributed by atoms with Gasteiger partial charge in [0, 0.05) is 23.9 Å². The van der Waals surface area contributed by atoms with Crippen LogP contribution < -0.4 is 15.2 Å². The summed E-state index contributed by atoms with van der Waals surface area (Å²) in [5.74, 6) is 1.57. The van der Waals surface area contributed by atoms with E-state index in [-0.39, 0.29) is 5.41 Å². The molecule has 20 heavy (non-hydrogen) atoms. The summed E-state index contributed by atoms with van der Waals surface area (Å²) >= 11 is 6.45. The van der Waals surface area contributed by atoms with Crippen molar-refractivity contribution in [2.45, 2.75) is 44.4 Å². The second-order valence-electron chi connectivity index (χ2n) is 5.78. The molecule has 3 rings (SSSR count). The molecule has 0 atom stereocenters. The summed E-state index contributed by atoms with van der Waals surface area (Å²) in [5.41, 5.74) is 8.68. The van der Waals surface area contributed by atoms with E-state index in [1.54, 1.807) is 0 Å². The second-order valence-corrected chi connectivity index (χ2v) is 6.19. The maximum Gasteiger partial charge on any atom is 0.180 e. The SMILES string of the molecule is CCc1c(C2(CN)CCC2)cc(Cl)c2c1OCCCO2. The topological polar surface area (TPSA) is 44.5 Å². The lowest BCUT2D eigenvalue weighted by molar-refractivity contribution is 0.249. The van der Waals surface area contributed by atoms with Crippen molar-refractivity contribution in [1.82, 2.24) is 0 Å². The molecule has 4 heteroatoms. The minimum Gasteiger partial charge on any atom is -0.489 e. The number of rotatable bonds is 3. The molecule has 2 aliphatic rings. The van der Waals surface area contributed by atoms with Crippen LogP contribution in [-0.2, 0) is 11.8 Å².